The lowest BCUT2D eigenvalue weighted by Crippen LogP contribution is -2.53. The molecule has 2 aliphatic carbocycles. The molecule has 208 valence electrons. The smallest absolute Gasteiger partial charge is 0.224 e. The van der Waals surface area contributed by atoms with Crippen LogP contribution in [0, 0.1) is 16.7 Å². The van der Waals surface area contributed by atoms with Crippen LogP contribution >= 0.6 is 0 Å². The van der Waals surface area contributed by atoms with Crippen LogP contribution in [0.2, 0.25) is 0 Å². The van der Waals surface area contributed by atoms with Crippen LogP contribution < -0.4 is 10.6 Å². The van der Waals surface area contributed by atoms with E-state index < -0.39 is 5.60 Å². The standard InChI is InChI=1S/C33H43N3O3/c1-31(2)21-28(36-30(38)19-23-9-5-4-6-10-23)33(17-16-32(3,39)20-27(31)33)15-13-29(37)34-18-14-24-22-35-26-12-8-7-11-25(24)26/h4-12,22,27-28,35,39H,13-21H2,1-3H3,(H,34,37)(H,36,38)/t27-,28-,32-,33-/m0/s1. The van der Waals surface area contributed by atoms with E-state index in [1.165, 1.54) is 10.9 Å². The van der Waals surface area contributed by atoms with Crippen LogP contribution in [0.25, 0.3) is 10.9 Å². The highest BCUT2D eigenvalue weighted by Gasteiger charge is 2.61. The van der Waals surface area contributed by atoms with Gasteiger partial charge >= 0.3 is 0 Å². The lowest BCUT2D eigenvalue weighted by Gasteiger charge is -2.50. The van der Waals surface area contributed by atoms with E-state index >= 15 is 0 Å². The van der Waals surface area contributed by atoms with Gasteiger partial charge in [0.05, 0.1) is 12.0 Å². The first-order chi connectivity index (χ1) is 18.6. The summed E-state index contributed by atoms with van der Waals surface area (Å²) in [6.45, 7) is 7.05. The average Bonchev–Trinajstić information content (AvgIpc) is 3.39. The van der Waals surface area contributed by atoms with E-state index in [0.717, 1.165) is 30.3 Å². The zero-order valence-electron chi connectivity index (χ0n) is 23.6. The highest BCUT2D eigenvalue weighted by Crippen LogP contribution is 2.63. The number of amides is 2. The first kappa shape index (κ1) is 27.4. The number of carbonyl (C=O) groups excluding carboxylic acids is 2. The van der Waals surface area contributed by atoms with Crippen molar-refractivity contribution in [3.8, 4) is 0 Å². The van der Waals surface area contributed by atoms with Gasteiger partial charge in [-0.25, -0.2) is 0 Å². The Labute approximate surface area is 232 Å². The van der Waals surface area contributed by atoms with Gasteiger partial charge in [-0.05, 0) is 79.4 Å². The van der Waals surface area contributed by atoms with Crippen LogP contribution in [0.3, 0.4) is 0 Å². The summed E-state index contributed by atoms with van der Waals surface area (Å²) >= 11 is 0. The molecule has 39 heavy (non-hydrogen) atoms. The maximum absolute atomic E-state index is 13.2. The van der Waals surface area contributed by atoms with Gasteiger partial charge in [0.15, 0.2) is 0 Å². The number of aromatic amines is 1. The monoisotopic (exact) mass is 529 g/mol. The van der Waals surface area contributed by atoms with Gasteiger partial charge in [-0.15, -0.1) is 0 Å². The van der Waals surface area contributed by atoms with Gasteiger partial charge < -0.3 is 20.7 Å². The van der Waals surface area contributed by atoms with Gasteiger partial charge in [-0.3, -0.25) is 9.59 Å². The molecule has 4 N–H and O–H groups in total. The molecular formula is C33H43N3O3. The number of benzene rings is 2. The summed E-state index contributed by atoms with van der Waals surface area (Å²) in [5.74, 6) is 0.316. The second-order valence-corrected chi connectivity index (χ2v) is 12.9. The fourth-order valence-electron chi connectivity index (χ4n) is 7.57. The van der Waals surface area contributed by atoms with Crippen molar-refractivity contribution >= 4 is 22.7 Å². The number of hydrogen-bond donors (Lipinski definition) is 4. The molecule has 2 aliphatic rings. The van der Waals surface area contributed by atoms with Crippen LogP contribution in [-0.2, 0) is 22.4 Å². The second kappa shape index (κ2) is 10.8. The van der Waals surface area contributed by atoms with Gasteiger partial charge in [0.2, 0.25) is 11.8 Å². The Balaban J connectivity index is 1.25. The van der Waals surface area contributed by atoms with Crippen molar-refractivity contribution in [1.29, 1.82) is 0 Å². The average molecular weight is 530 g/mol. The minimum atomic E-state index is -0.712. The van der Waals surface area contributed by atoms with E-state index in [1.807, 2.05) is 55.6 Å². The Bertz CT molecular complexity index is 1310. The minimum absolute atomic E-state index is 0.0103. The molecule has 4 atom stereocenters. The molecule has 0 saturated heterocycles. The van der Waals surface area contributed by atoms with E-state index in [2.05, 4.69) is 41.6 Å². The number of fused-ring (bicyclic) bond motifs is 2. The lowest BCUT2D eigenvalue weighted by atomic mass is 9.57. The number of hydrogen-bond acceptors (Lipinski definition) is 3. The first-order valence-corrected chi connectivity index (χ1v) is 14.5. The summed E-state index contributed by atoms with van der Waals surface area (Å²) in [7, 11) is 0. The minimum Gasteiger partial charge on any atom is -0.390 e. The molecule has 6 heteroatoms. The molecule has 1 aromatic heterocycles. The third-order valence-electron chi connectivity index (χ3n) is 9.59. The molecular weight excluding hydrogens is 486 g/mol. The number of aliphatic hydroxyl groups is 1. The van der Waals surface area contributed by atoms with Gasteiger partial charge in [0.1, 0.15) is 0 Å². The highest BCUT2D eigenvalue weighted by atomic mass is 16.3. The summed E-state index contributed by atoms with van der Waals surface area (Å²) in [6.07, 6.45) is 7.35. The zero-order valence-corrected chi connectivity index (χ0v) is 23.6. The van der Waals surface area contributed by atoms with Gasteiger partial charge in [0.25, 0.3) is 0 Å². The van der Waals surface area contributed by atoms with Crippen molar-refractivity contribution in [3.63, 3.8) is 0 Å². The molecule has 2 amide bonds. The molecule has 1 heterocycles. The quantitative estimate of drug-likeness (QED) is 0.303. The summed E-state index contributed by atoms with van der Waals surface area (Å²) in [6, 6.07) is 18.0. The van der Waals surface area contributed by atoms with E-state index in [1.54, 1.807) is 0 Å². The van der Waals surface area contributed by atoms with Crippen molar-refractivity contribution in [2.75, 3.05) is 6.54 Å². The first-order valence-electron chi connectivity index (χ1n) is 14.5. The van der Waals surface area contributed by atoms with Crippen molar-refractivity contribution < 1.29 is 14.7 Å². The van der Waals surface area contributed by atoms with E-state index in [0.29, 0.717) is 38.6 Å². The van der Waals surface area contributed by atoms with Crippen molar-refractivity contribution in [1.82, 2.24) is 15.6 Å². The SMILES string of the molecule is CC1(C)C[C@H](NC(=O)Cc2ccccc2)[C@@]2(CCC(=O)NCCc3c[nH]c4ccccc34)CC[C@](C)(O)C[C@@H]12. The van der Waals surface area contributed by atoms with Gasteiger partial charge in [-0.2, -0.15) is 0 Å². The molecule has 3 aromatic rings. The van der Waals surface area contributed by atoms with Gasteiger partial charge in [0, 0.05) is 36.1 Å². The fourth-order valence-corrected chi connectivity index (χ4v) is 7.57. The largest absolute Gasteiger partial charge is 0.390 e. The Morgan fingerprint density at radius 1 is 0.974 bits per heavy atom. The van der Waals surface area contributed by atoms with Crippen molar-refractivity contribution in [2.45, 2.75) is 83.8 Å². The van der Waals surface area contributed by atoms with Crippen LogP contribution in [0.15, 0.2) is 60.8 Å². The van der Waals surface area contributed by atoms with Crippen LogP contribution in [-0.4, -0.2) is 40.1 Å². The normalized spacial score (nSPS) is 27.7. The second-order valence-electron chi connectivity index (χ2n) is 12.9. The zero-order chi connectivity index (χ0) is 27.7. The molecule has 2 saturated carbocycles. The number of aromatic nitrogens is 1. The maximum Gasteiger partial charge on any atom is 0.224 e. The molecule has 0 radical (unpaired) electrons. The van der Waals surface area contributed by atoms with E-state index in [-0.39, 0.29) is 34.6 Å². The number of para-hydroxylation sites is 1. The molecule has 0 aliphatic heterocycles. The predicted octanol–water partition coefficient (Wildman–Crippen LogP) is 5.30. The molecule has 2 aromatic carbocycles. The number of carbonyl (C=O) groups is 2. The van der Waals surface area contributed by atoms with Crippen LogP contribution in [0.5, 0.6) is 0 Å². The summed E-state index contributed by atoms with van der Waals surface area (Å²) in [4.78, 5) is 29.5. The third kappa shape index (κ3) is 5.91. The molecule has 0 unspecified atom stereocenters. The Morgan fingerprint density at radius 3 is 2.51 bits per heavy atom. The van der Waals surface area contributed by atoms with Crippen LogP contribution in [0.4, 0.5) is 0 Å². The highest BCUT2D eigenvalue weighted by molar-refractivity contribution is 5.83. The molecule has 5 rings (SSSR count). The molecule has 6 nitrogen and oxygen atoms in total. The summed E-state index contributed by atoms with van der Waals surface area (Å²) in [5.41, 5.74) is 2.36. The van der Waals surface area contributed by atoms with E-state index in [4.69, 9.17) is 0 Å². The Kier molecular flexibility index (Phi) is 7.60. The summed E-state index contributed by atoms with van der Waals surface area (Å²) < 4.78 is 0. The predicted molar refractivity (Wildman–Crippen MR) is 155 cm³/mol. The Morgan fingerprint density at radius 2 is 1.72 bits per heavy atom. The van der Waals surface area contributed by atoms with E-state index in [9.17, 15) is 14.7 Å². The maximum atomic E-state index is 13.2. The van der Waals surface area contributed by atoms with Crippen molar-refractivity contribution in [3.05, 3.63) is 71.9 Å². The third-order valence-corrected chi connectivity index (χ3v) is 9.59. The number of rotatable bonds is 9. The number of nitrogens with one attached hydrogen (secondary N) is 3. The Hall–Kier alpha value is -3.12. The van der Waals surface area contributed by atoms with Crippen LogP contribution in [0.1, 0.15) is 70.4 Å². The summed E-state index contributed by atoms with van der Waals surface area (Å²) in [5, 5.41) is 18.8. The van der Waals surface area contributed by atoms with Crippen molar-refractivity contribution in [2.24, 2.45) is 16.7 Å². The lowest BCUT2D eigenvalue weighted by molar-refractivity contribution is -0.124. The molecule has 2 fully saturated rings. The van der Waals surface area contributed by atoms with Gasteiger partial charge in [-0.1, -0.05) is 62.4 Å². The topological polar surface area (TPSA) is 94.2 Å². The molecule has 0 spiro atoms. The molecule has 0 bridgehead atoms. The fraction of sp³-hybridized carbons (Fsp3) is 0.515. The number of H-pyrrole nitrogens is 1.